The highest BCUT2D eigenvalue weighted by molar-refractivity contribution is 7.89. The molecule has 21 heavy (non-hydrogen) atoms. The molecule has 1 aliphatic rings. The highest BCUT2D eigenvalue weighted by Crippen LogP contribution is 2.30. The van der Waals surface area contributed by atoms with Crippen LogP contribution in [0.4, 0.5) is 10.1 Å². The molecule has 0 amide bonds. The normalized spacial score (nSPS) is 24.2. The molecule has 0 aliphatic carbocycles. The summed E-state index contributed by atoms with van der Waals surface area (Å²) in [7, 11) is -4.02. The Morgan fingerprint density at radius 2 is 2.19 bits per heavy atom. The summed E-state index contributed by atoms with van der Waals surface area (Å²) in [5.74, 6) is -0.972. The molecule has 1 heterocycles. The van der Waals surface area contributed by atoms with Gasteiger partial charge in [0.2, 0.25) is 10.0 Å². The number of hydrogen-bond donors (Lipinski definition) is 1. The lowest BCUT2D eigenvalue weighted by molar-refractivity contribution is -0.0231. The van der Waals surface area contributed by atoms with Crippen LogP contribution >= 0.6 is 11.6 Å². The first-order valence-corrected chi connectivity index (χ1v) is 8.47. The second kappa shape index (κ2) is 6.08. The fraction of sp³-hybridized carbons (Fsp3) is 0.538. The minimum absolute atomic E-state index is 0.106. The van der Waals surface area contributed by atoms with Gasteiger partial charge in [0.25, 0.3) is 0 Å². The van der Waals surface area contributed by atoms with Gasteiger partial charge in [-0.25, -0.2) is 12.8 Å². The van der Waals surface area contributed by atoms with Crippen molar-refractivity contribution in [3.63, 3.8) is 0 Å². The van der Waals surface area contributed by atoms with Gasteiger partial charge in [0.15, 0.2) is 5.82 Å². The van der Waals surface area contributed by atoms with Crippen molar-refractivity contribution in [3.05, 3.63) is 23.0 Å². The van der Waals surface area contributed by atoms with Crippen LogP contribution in [-0.2, 0) is 14.8 Å². The third kappa shape index (κ3) is 3.15. The molecule has 2 unspecified atom stereocenters. The standard InChI is InChI=1S/C13H18ClFN2O3S/c1-3-10-7-20-8(2)6-17(10)21(18,19)12-5-9(16)4-11(14)13(12)15/h4-5,8,10H,3,6-7,16H2,1-2H3. The Morgan fingerprint density at radius 1 is 1.52 bits per heavy atom. The third-order valence-electron chi connectivity index (χ3n) is 3.49. The molecule has 0 bridgehead atoms. The van der Waals surface area contributed by atoms with Crippen molar-refractivity contribution in [1.82, 2.24) is 4.31 Å². The molecular weight excluding hydrogens is 319 g/mol. The molecule has 0 radical (unpaired) electrons. The summed E-state index contributed by atoms with van der Waals surface area (Å²) in [6.07, 6.45) is 0.325. The molecule has 2 N–H and O–H groups in total. The van der Waals surface area contributed by atoms with Crippen LogP contribution in [0.5, 0.6) is 0 Å². The number of rotatable bonds is 3. The van der Waals surface area contributed by atoms with E-state index in [0.717, 1.165) is 6.07 Å². The van der Waals surface area contributed by atoms with Crippen molar-refractivity contribution >= 4 is 27.3 Å². The number of halogens is 2. The van der Waals surface area contributed by atoms with E-state index in [1.807, 2.05) is 6.92 Å². The number of benzene rings is 1. The lowest BCUT2D eigenvalue weighted by atomic mass is 10.2. The van der Waals surface area contributed by atoms with Crippen LogP contribution in [0.2, 0.25) is 5.02 Å². The van der Waals surface area contributed by atoms with Gasteiger partial charge in [0.05, 0.1) is 17.7 Å². The van der Waals surface area contributed by atoms with Crippen LogP contribution in [0, 0.1) is 5.82 Å². The zero-order valence-electron chi connectivity index (χ0n) is 11.8. The molecule has 0 spiro atoms. The van der Waals surface area contributed by atoms with Gasteiger partial charge in [-0.1, -0.05) is 18.5 Å². The first-order valence-electron chi connectivity index (χ1n) is 6.65. The predicted molar refractivity (Wildman–Crippen MR) is 79.2 cm³/mol. The van der Waals surface area contributed by atoms with Crippen molar-refractivity contribution in [2.24, 2.45) is 0 Å². The molecule has 2 atom stereocenters. The van der Waals surface area contributed by atoms with Crippen LogP contribution < -0.4 is 5.73 Å². The van der Waals surface area contributed by atoms with Crippen molar-refractivity contribution in [2.75, 3.05) is 18.9 Å². The van der Waals surface area contributed by atoms with Crippen LogP contribution in [-0.4, -0.2) is 38.0 Å². The van der Waals surface area contributed by atoms with E-state index in [9.17, 15) is 12.8 Å². The molecule has 8 heteroatoms. The van der Waals surface area contributed by atoms with E-state index in [4.69, 9.17) is 22.1 Å². The Kier molecular flexibility index (Phi) is 4.77. The van der Waals surface area contributed by atoms with Gasteiger partial charge >= 0.3 is 0 Å². The monoisotopic (exact) mass is 336 g/mol. The van der Waals surface area contributed by atoms with E-state index >= 15 is 0 Å². The zero-order valence-corrected chi connectivity index (χ0v) is 13.4. The zero-order chi connectivity index (χ0) is 15.8. The number of hydrogen-bond acceptors (Lipinski definition) is 4. The molecule has 1 fully saturated rings. The molecular formula is C13H18ClFN2O3S. The second-order valence-corrected chi connectivity index (χ2v) is 7.36. The molecule has 5 nitrogen and oxygen atoms in total. The van der Waals surface area contributed by atoms with E-state index in [2.05, 4.69) is 0 Å². The molecule has 1 aromatic carbocycles. The Labute approximate surface area is 128 Å². The number of ether oxygens (including phenoxy) is 1. The summed E-state index contributed by atoms with van der Waals surface area (Å²) < 4.78 is 46.4. The van der Waals surface area contributed by atoms with Gasteiger partial charge in [-0.15, -0.1) is 0 Å². The summed E-state index contributed by atoms with van der Waals surface area (Å²) in [6, 6.07) is 1.96. The quantitative estimate of drug-likeness (QED) is 0.859. The molecule has 0 aromatic heterocycles. The molecule has 1 saturated heterocycles. The molecule has 118 valence electrons. The number of nitrogens with zero attached hydrogens (tertiary/aromatic N) is 1. The minimum atomic E-state index is -4.02. The Morgan fingerprint density at radius 3 is 2.81 bits per heavy atom. The summed E-state index contributed by atoms with van der Waals surface area (Å²) in [6.45, 7) is 4.09. The van der Waals surface area contributed by atoms with Crippen LogP contribution in [0.25, 0.3) is 0 Å². The topological polar surface area (TPSA) is 72.6 Å². The maximum Gasteiger partial charge on any atom is 0.246 e. The fourth-order valence-electron chi connectivity index (χ4n) is 2.33. The first kappa shape index (κ1) is 16.5. The molecule has 2 rings (SSSR count). The van der Waals surface area contributed by atoms with E-state index < -0.39 is 20.7 Å². The summed E-state index contributed by atoms with van der Waals surface area (Å²) >= 11 is 5.70. The number of sulfonamides is 1. The SMILES string of the molecule is CCC1COC(C)CN1S(=O)(=O)c1cc(N)cc(Cl)c1F. The smallest absolute Gasteiger partial charge is 0.246 e. The Bertz CT molecular complexity index is 639. The molecule has 0 saturated carbocycles. The van der Waals surface area contributed by atoms with Crippen LogP contribution in [0.15, 0.2) is 17.0 Å². The lowest BCUT2D eigenvalue weighted by Crippen LogP contribution is -2.51. The van der Waals surface area contributed by atoms with Crippen molar-refractivity contribution < 1.29 is 17.5 Å². The number of anilines is 1. The lowest BCUT2D eigenvalue weighted by Gasteiger charge is -2.37. The number of nitrogen functional groups attached to an aromatic ring is 1. The van der Waals surface area contributed by atoms with E-state index in [-0.39, 0.29) is 36.0 Å². The summed E-state index contributed by atoms with van der Waals surface area (Å²) in [5.41, 5.74) is 5.70. The average Bonchev–Trinajstić information content (AvgIpc) is 2.42. The maximum atomic E-state index is 14.1. The highest BCUT2D eigenvalue weighted by atomic mass is 35.5. The average molecular weight is 337 g/mol. The van der Waals surface area contributed by atoms with Gasteiger partial charge in [-0.3, -0.25) is 0 Å². The van der Waals surface area contributed by atoms with Gasteiger partial charge in [-0.2, -0.15) is 4.31 Å². The predicted octanol–water partition coefficient (Wildman–Crippen LogP) is 2.25. The maximum absolute atomic E-state index is 14.1. The first-order chi connectivity index (χ1) is 9.77. The van der Waals surface area contributed by atoms with E-state index in [0.29, 0.717) is 6.42 Å². The Hall–Kier alpha value is -0.890. The second-order valence-electron chi connectivity index (χ2n) is 5.10. The van der Waals surface area contributed by atoms with Crippen LogP contribution in [0.3, 0.4) is 0 Å². The van der Waals surface area contributed by atoms with Gasteiger partial charge in [0, 0.05) is 18.3 Å². The van der Waals surface area contributed by atoms with Gasteiger partial charge in [-0.05, 0) is 25.5 Å². The van der Waals surface area contributed by atoms with Crippen molar-refractivity contribution in [1.29, 1.82) is 0 Å². The third-order valence-corrected chi connectivity index (χ3v) is 5.69. The van der Waals surface area contributed by atoms with Crippen LogP contribution in [0.1, 0.15) is 20.3 Å². The van der Waals surface area contributed by atoms with Gasteiger partial charge in [0.1, 0.15) is 4.90 Å². The summed E-state index contributed by atoms with van der Waals surface area (Å²) in [4.78, 5) is -0.486. The summed E-state index contributed by atoms with van der Waals surface area (Å²) in [5, 5.41) is -0.303. The number of nitrogens with two attached hydrogens (primary N) is 1. The molecule has 1 aliphatic heterocycles. The largest absolute Gasteiger partial charge is 0.399 e. The van der Waals surface area contributed by atoms with Crippen molar-refractivity contribution in [2.45, 2.75) is 37.3 Å². The van der Waals surface area contributed by atoms with Crippen molar-refractivity contribution in [3.8, 4) is 0 Å². The highest BCUT2D eigenvalue weighted by Gasteiger charge is 2.37. The fourth-order valence-corrected chi connectivity index (χ4v) is 4.49. The Balaban J connectivity index is 2.50. The van der Waals surface area contributed by atoms with Gasteiger partial charge < -0.3 is 10.5 Å². The minimum Gasteiger partial charge on any atom is -0.399 e. The van der Waals surface area contributed by atoms with E-state index in [1.54, 1.807) is 6.92 Å². The van der Waals surface area contributed by atoms with E-state index in [1.165, 1.54) is 10.4 Å². The number of morpholine rings is 1. The molecule has 1 aromatic rings.